The average Bonchev–Trinajstić information content (AvgIpc) is 2.72. The van der Waals surface area contributed by atoms with Gasteiger partial charge in [0.15, 0.2) is 0 Å². The molecule has 0 unspecified atom stereocenters. The van der Waals surface area contributed by atoms with E-state index < -0.39 is 11.7 Å². The minimum atomic E-state index is -1.01. The van der Waals surface area contributed by atoms with E-state index >= 15 is 0 Å². The first-order valence-electron chi connectivity index (χ1n) is 8.73. The molecule has 0 aliphatic rings. The van der Waals surface area contributed by atoms with Gasteiger partial charge in [-0.1, -0.05) is 25.1 Å². The van der Waals surface area contributed by atoms with E-state index in [0.29, 0.717) is 17.6 Å². The van der Waals surface area contributed by atoms with E-state index in [4.69, 9.17) is 5.53 Å². The third-order valence-corrected chi connectivity index (χ3v) is 4.68. The number of amides is 2. The fraction of sp³-hybridized carbons (Fsp3) is 0.200. The summed E-state index contributed by atoms with van der Waals surface area (Å²) in [5.74, 6) is -0.863. The molecule has 0 fully saturated rings. The molecule has 0 saturated heterocycles. The number of hydrogen-bond donors (Lipinski definition) is 2. The van der Waals surface area contributed by atoms with Crippen LogP contribution < -0.4 is 10.2 Å². The van der Waals surface area contributed by atoms with Crippen LogP contribution in [0.4, 0.5) is 11.4 Å². The molecule has 2 aromatic rings. The van der Waals surface area contributed by atoms with Crippen molar-refractivity contribution in [2.75, 3.05) is 21.7 Å². The molecule has 0 heterocycles. The number of Topliss-reactive ketones (excluding diaryl/α,β-unsaturated/α-hetero) is 1. The lowest BCUT2D eigenvalue weighted by Crippen LogP contribution is -2.32. The predicted octanol–water partition coefficient (Wildman–Crippen LogP) is 2.49. The topological polar surface area (TPSA) is 123 Å². The monoisotopic (exact) mass is 412 g/mol. The Morgan fingerprint density at radius 2 is 1.93 bits per heavy atom. The van der Waals surface area contributed by atoms with Gasteiger partial charge >= 0.3 is 17.9 Å². The number of carbonyl (C=O) groups excluding carboxylic acids is 3. The van der Waals surface area contributed by atoms with Crippen LogP contribution in [0, 0.1) is 0 Å². The SMILES string of the molecule is CCSCC(=O)N(Cc1ccc(O)cc1)c1cccc(NC(=O)C(=O)C=[N+]=[N-])c1. The van der Waals surface area contributed by atoms with Gasteiger partial charge in [0.1, 0.15) is 5.75 Å². The summed E-state index contributed by atoms with van der Waals surface area (Å²) in [4.78, 5) is 40.1. The third kappa shape index (κ3) is 6.60. The summed E-state index contributed by atoms with van der Waals surface area (Å²) in [5, 5.41) is 11.9. The van der Waals surface area contributed by atoms with Crippen molar-refractivity contribution in [1.82, 2.24) is 0 Å². The molecule has 29 heavy (non-hydrogen) atoms. The van der Waals surface area contributed by atoms with E-state index in [9.17, 15) is 19.5 Å². The largest absolute Gasteiger partial charge is 0.508 e. The molecule has 0 radical (unpaired) electrons. The van der Waals surface area contributed by atoms with Gasteiger partial charge in [0.05, 0.1) is 12.3 Å². The van der Waals surface area contributed by atoms with Crippen LogP contribution in [0.3, 0.4) is 0 Å². The normalized spacial score (nSPS) is 9.97. The van der Waals surface area contributed by atoms with Crippen LogP contribution in [0.5, 0.6) is 5.75 Å². The van der Waals surface area contributed by atoms with Crippen molar-refractivity contribution < 1.29 is 24.3 Å². The van der Waals surface area contributed by atoms with Crippen LogP contribution in [-0.2, 0) is 20.9 Å². The van der Waals surface area contributed by atoms with E-state index in [2.05, 4.69) is 10.1 Å². The minimum Gasteiger partial charge on any atom is -0.508 e. The van der Waals surface area contributed by atoms with Crippen LogP contribution in [0.2, 0.25) is 0 Å². The van der Waals surface area contributed by atoms with Gasteiger partial charge in [-0.2, -0.15) is 16.6 Å². The van der Waals surface area contributed by atoms with Crippen molar-refractivity contribution in [2.24, 2.45) is 0 Å². The number of anilines is 2. The van der Waals surface area contributed by atoms with E-state index in [-0.39, 0.29) is 24.0 Å². The third-order valence-electron chi connectivity index (χ3n) is 3.82. The maximum absolute atomic E-state index is 12.8. The predicted molar refractivity (Wildman–Crippen MR) is 112 cm³/mol. The molecule has 0 spiro atoms. The summed E-state index contributed by atoms with van der Waals surface area (Å²) in [7, 11) is 0. The van der Waals surface area contributed by atoms with Crippen molar-refractivity contribution in [3.8, 4) is 5.75 Å². The molecule has 2 N–H and O–H groups in total. The van der Waals surface area contributed by atoms with Crippen molar-refractivity contribution in [1.29, 1.82) is 0 Å². The number of benzene rings is 2. The number of ketones is 1. The zero-order chi connectivity index (χ0) is 21.2. The van der Waals surface area contributed by atoms with Gasteiger partial charge in [0.25, 0.3) is 0 Å². The molecule has 150 valence electrons. The van der Waals surface area contributed by atoms with Crippen LogP contribution in [0.25, 0.3) is 5.53 Å². The fourth-order valence-electron chi connectivity index (χ4n) is 2.43. The lowest BCUT2D eigenvalue weighted by molar-refractivity contribution is -0.132. The molecule has 2 rings (SSSR count). The second-order valence-electron chi connectivity index (χ2n) is 5.90. The first-order valence-corrected chi connectivity index (χ1v) is 9.89. The molecule has 9 heteroatoms. The second-order valence-corrected chi connectivity index (χ2v) is 7.17. The molecule has 0 atom stereocenters. The van der Waals surface area contributed by atoms with Crippen molar-refractivity contribution in [3.63, 3.8) is 0 Å². The Morgan fingerprint density at radius 1 is 1.21 bits per heavy atom. The molecule has 0 aliphatic heterocycles. The number of rotatable bonds is 9. The Morgan fingerprint density at radius 3 is 2.59 bits per heavy atom. The summed E-state index contributed by atoms with van der Waals surface area (Å²) in [5.41, 5.74) is 10.0. The number of nitrogens with zero attached hydrogens (tertiary/aromatic N) is 3. The number of nitrogens with one attached hydrogen (secondary N) is 1. The number of aromatic hydroxyl groups is 1. The second kappa shape index (κ2) is 10.8. The molecule has 0 bridgehead atoms. The standard InChI is InChI=1S/C20H20N4O4S/c1-2-29-13-19(27)24(12-14-6-8-17(25)9-7-14)16-5-3-4-15(10-16)23-20(28)18(26)11-22-21/h3-11,25H,2,12-13H2,1H3,(H,23,28). The highest BCUT2D eigenvalue weighted by Gasteiger charge is 2.19. The first kappa shape index (κ1) is 21.9. The van der Waals surface area contributed by atoms with Crippen molar-refractivity contribution in [3.05, 3.63) is 59.6 Å². The minimum absolute atomic E-state index is 0.114. The van der Waals surface area contributed by atoms with Crippen LogP contribution in [-0.4, -0.2) is 45.2 Å². The van der Waals surface area contributed by atoms with Crippen LogP contribution >= 0.6 is 11.8 Å². The molecule has 2 amide bonds. The zero-order valence-electron chi connectivity index (χ0n) is 15.7. The first-order chi connectivity index (χ1) is 13.9. The summed E-state index contributed by atoms with van der Waals surface area (Å²) in [6.45, 7) is 2.24. The number of phenols is 1. The summed E-state index contributed by atoms with van der Waals surface area (Å²) < 4.78 is 0. The molecule has 8 nitrogen and oxygen atoms in total. The lowest BCUT2D eigenvalue weighted by atomic mass is 10.1. The molecule has 0 aromatic heterocycles. The van der Waals surface area contributed by atoms with E-state index in [0.717, 1.165) is 11.3 Å². The summed E-state index contributed by atoms with van der Waals surface area (Å²) in [6, 6.07) is 13.1. The fourth-order valence-corrected chi connectivity index (χ4v) is 2.96. The van der Waals surface area contributed by atoms with Gasteiger partial charge in [-0.3, -0.25) is 14.4 Å². The number of thioether (sulfide) groups is 1. The van der Waals surface area contributed by atoms with Gasteiger partial charge < -0.3 is 20.9 Å². The van der Waals surface area contributed by atoms with Crippen molar-refractivity contribution >= 4 is 46.9 Å². The molecule has 0 saturated carbocycles. The summed E-state index contributed by atoms with van der Waals surface area (Å²) in [6.07, 6.45) is 0.502. The average molecular weight is 412 g/mol. The van der Waals surface area contributed by atoms with Gasteiger partial charge in [-0.05, 0) is 41.6 Å². The quantitative estimate of drug-likeness (QED) is 0.283. The van der Waals surface area contributed by atoms with E-state index in [1.54, 1.807) is 53.4 Å². The van der Waals surface area contributed by atoms with Crippen LogP contribution in [0.15, 0.2) is 48.5 Å². The Hall–Kier alpha value is -3.42. The number of hydrogen-bond acceptors (Lipinski definition) is 5. The van der Waals surface area contributed by atoms with Gasteiger partial charge in [0.2, 0.25) is 5.91 Å². The maximum Gasteiger partial charge on any atom is 0.333 e. The van der Waals surface area contributed by atoms with Gasteiger partial charge in [-0.25, -0.2) is 0 Å². The molecular weight excluding hydrogens is 392 g/mol. The Labute approximate surface area is 172 Å². The number of carbonyl (C=O) groups is 3. The van der Waals surface area contributed by atoms with Gasteiger partial charge in [0, 0.05) is 11.4 Å². The van der Waals surface area contributed by atoms with E-state index in [1.165, 1.54) is 11.8 Å². The molecule has 0 aliphatic carbocycles. The Kier molecular flexibility index (Phi) is 8.14. The van der Waals surface area contributed by atoms with E-state index in [1.807, 2.05) is 6.92 Å². The number of phenolic OH excluding ortho intramolecular Hbond substituents is 1. The molecule has 2 aromatic carbocycles. The van der Waals surface area contributed by atoms with Crippen molar-refractivity contribution in [2.45, 2.75) is 13.5 Å². The van der Waals surface area contributed by atoms with Crippen LogP contribution in [0.1, 0.15) is 12.5 Å². The smallest absolute Gasteiger partial charge is 0.333 e. The highest BCUT2D eigenvalue weighted by molar-refractivity contribution is 7.99. The Balaban J connectivity index is 2.28. The maximum atomic E-state index is 12.8. The molecular formula is C20H20N4O4S. The lowest BCUT2D eigenvalue weighted by Gasteiger charge is -2.23. The Bertz CT molecular complexity index is 940. The highest BCUT2D eigenvalue weighted by Crippen LogP contribution is 2.23. The zero-order valence-corrected chi connectivity index (χ0v) is 16.6. The summed E-state index contributed by atoms with van der Waals surface area (Å²) >= 11 is 1.49. The highest BCUT2D eigenvalue weighted by atomic mass is 32.2. The van der Waals surface area contributed by atoms with Gasteiger partial charge in [-0.15, -0.1) is 0 Å².